The van der Waals surface area contributed by atoms with Gasteiger partial charge >= 0.3 is 0 Å². The Bertz CT molecular complexity index is 4720. The average molecular weight is 1150 g/mol. The van der Waals surface area contributed by atoms with Gasteiger partial charge in [-0.3, -0.25) is 4.57 Å². The third-order valence-corrected chi connectivity index (χ3v) is 19.2. The van der Waals surface area contributed by atoms with Crippen molar-refractivity contribution in [2.24, 2.45) is 0 Å². The maximum absolute atomic E-state index is 7.14. The summed E-state index contributed by atoms with van der Waals surface area (Å²) in [5.41, 5.74) is 26.5. The van der Waals surface area contributed by atoms with Crippen LogP contribution in [0.1, 0.15) is 128 Å². The first kappa shape index (κ1) is 55.2. The summed E-state index contributed by atoms with van der Waals surface area (Å²) in [4.78, 5) is 10.2. The van der Waals surface area contributed by atoms with Gasteiger partial charge < -0.3 is 14.5 Å². The molecule has 0 saturated carbocycles. The largest absolute Gasteiger partial charge is 0.457 e. The van der Waals surface area contributed by atoms with Crippen LogP contribution in [0.2, 0.25) is 0 Å². The van der Waals surface area contributed by atoms with Gasteiger partial charge in [0.2, 0.25) is 0 Å². The fourth-order valence-corrected chi connectivity index (χ4v) is 14.6. The molecule has 5 heteroatoms. The fourth-order valence-electron chi connectivity index (χ4n) is 14.6. The van der Waals surface area contributed by atoms with Gasteiger partial charge in [0.25, 0.3) is 0 Å². The quantitative estimate of drug-likeness (QED) is 0.159. The number of nitrogens with zero attached hydrogens (tertiary/aromatic N) is 4. The molecule has 0 radical (unpaired) electrons. The van der Waals surface area contributed by atoms with Gasteiger partial charge in [0.1, 0.15) is 24.0 Å². The van der Waals surface area contributed by atoms with Crippen LogP contribution in [0.15, 0.2) is 231 Å². The van der Waals surface area contributed by atoms with Crippen molar-refractivity contribution in [1.29, 1.82) is 0 Å². The van der Waals surface area contributed by atoms with E-state index >= 15 is 0 Å². The highest BCUT2D eigenvalue weighted by Gasteiger charge is 2.52. The van der Waals surface area contributed by atoms with Crippen molar-refractivity contribution in [2.75, 3.05) is 16.5 Å². The average Bonchev–Trinajstić information content (AvgIpc) is 1.50. The lowest BCUT2D eigenvalue weighted by molar-refractivity contribution is 0.483. The molecule has 5 nitrogen and oxygen atoms in total. The van der Waals surface area contributed by atoms with Crippen LogP contribution in [0.4, 0.5) is 22.7 Å². The number of para-hydroxylation sites is 3. The molecule has 0 amide bonds. The molecule has 3 aliphatic rings. The minimum Gasteiger partial charge on any atom is -0.457 e. The summed E-state index contributed by atoms with van der Waals surface area (Å²) in [7, 11) is 0. The highest BCUT2D eigenvalue weighted by atomic mass is 16.5. The normalized spacial score (nSPS) is 14.1. The van der Waals surface area contributed by atoms with Crippen LogP contribution in [0.5, 0.6) is 11.5 Å². The van der Waals surface area contributed by atoms with Crippen molar-refractivity contribution < 1.29 is 4.74 Å². The number of hydrogen-bond acceptors (Lipinski definition) is 4. The molecule has 88 heavy (non-hydrogen) atoms. The lowest BCUT2D eigenvalue weighted by Crippen LogP contribution is -2.25. The zero-order valence-electron chi connectivity index (χ0n) is 52.8. The lowest BCUT2D eigenvalue weighted by atomic mass is 9.70. The Morgan fingerprint density at radius 3 is 1.57 bits per heavy atom. The van der Waals surface area contributed by atoms with E-state index in [-0.39, 0.29) is 21.7 Å². The molecule has 0 bridgehead atoms. The first-order valence-electron chi connectivity index (χ1n) is 31.4. The summed E-state index contributed by atoms with van der Waals surface area (Å²) in [6.45, 7) is 28.2. The van der Waals surface area contributed by atoms with E-state index in [9.17, 15) is 0 Å². The van der Waals surface area contributed by atoms with Gasteiger partial charge in [0, 0.05) is 45.9 Å². The predicted molar refractivity (Wildman–Crippen MR) is 369 cm³/mol. The third kappa shape index (κ3) is 8.67. The predicted octanol–water partition coefficient (Wildman–Crippen LogP) is 22.1. The third-order valence-electron chi connectivity index (χ3n) is 19.2. The van der Waals surface area contributed by atoms with Gasteiger partial charge in [-0.15, -0.1) is 0 Å². The number of rotatable bonds is 7. The standard InChI is InChI=1S/C83H76N4O/c1-79(2,3)54-37-35-52(36-38-54)61-28-22-29-62(53-45-56(81(7,8)9)47-57(46-53)82(10,11)12)78(61)86-51-85(71-33-19-20-34-72(71)86)58-23-21-24-59(49-58)88-60-39-40-66-74(50-60)87(75-48-55(43-44-84-75)80(4,5)6)73-42-41-70-76(77(66)73)65-27-15-18-32-69(65)83(70)67-30-16-13-25-63(67)64-26-14-17-31-68(64)83/h13-50H,51H2,1-12H3. The Morgan fingerprint density at radius 1 is 0.386 bits per heavy atom. The molecular weight excluding hydrogens is 1070 g/mol. The van der Waals surface area contributed by atoms with Crippen molar-refractivity contribution in [3.63, 3.8) is 0 Å². The Kier molecular flexibility index (Phi) is 12.4. The molecule has 0 atom stereocenters. The summed E-state index contributed by atoms with van der Waals surface area (Å²) in [6, 6.07) is 84.1. The summed E-state index contributed by atoms with van der Waals surface area (Å²) < 4.78 is 9.52. The Hall–Kier alpha value is -9.45. The Balaban J connectivity index is 0.860. The number of aromatic nitrogens is 2. The number of pyridine rings is 1. The molecule has 0 fully saturated rings. The van der Waals surface area contributed by atoms with E-state index in [2.05, 4.69) is 322 Å². The molecule has 1 aliphatic heterocycles. The van der Waals surface area contributed by atoms with Crippen LogP contribution in [0.25, 0.3) is 72.1 Å². The summed E-state index contributed by atoms with van der Waals surface area (Å²) >= 11 is 0. The highest BCUT2D eigenvalue weighted by Crippen LogP contribution is 2.64. The van der Waals surface area contributed by atoms with Gasteiger partial charge in [0.05, 0.1) is 33.5 Å². The molecular formula is C83H76N4O. The molecule has 10 aromatic carbocycles. The molecule has 434 valence electrons. The maximum atomic E-state index is 7.14. The Labute approximate surface area is 519 Å². The van der Waals surface area contributed by atoms with E-state index < -0.39 is 5.41 Å². The van der Waals surface area contributed by atoms with E-state index in [4.69, 9.17) is 9.72 Å². The van der Waals surface area contributed by atoms with Crippen molar-refractivity contribution >= 4 is 44.6 Å². The number of hydrogen-bond donors (Lipinski definition) is 0. The minimum atomic E-state index is -0.467. The van der Waals surface area contributed by atoms with Crippen LogP contribution < -0.4 is 14.5 Å². The minimum absolute atomic E-state index is 0.0325. The van der Waals surface area contributed by atoms with Crippen LogP contribution >= 0.6 is 0 Å². The van der Waals surface area contributed by atoms with Gasteiger partial charge in [0.15, 0.2) is 0 Å². The van der Waals surface area contributed by atoms with E-state index in [1.54, 1.807) is 0 Å². The summed E-state index contributed by atoms with van der Waals surface area (Å²) in [5.74, 6) is 2.39. The number of benzene rings is 10. The van der Waals surface area contributed by atoms with Gasteiger partial charge in [-0.05, 0) is 154 Å². The monoisotopic (exact) mass is 1140 g/mol. The van der Waals surface area contributed by atoms with Crippen LogP contribution in [0, 0.1) is 0 Å². The molecule has 0 saturated heterocycles. The van der Waals surface area contributed by atoms with Crippen molar-refractivity contribution in [3.8, 4) is 61.8 Å². The smallest absolute Gasteiger partial charge is 0.137 e. The number of ether oxygens (including phenoxy) is 1. The van der Waals surface area contributed by atoms with E-state index in [0.29, 0.717) is 6.67 Å². The van der Waals surface area contributed by atoms with Gasteiger partial charge in [-0.25, -0.2) is 4.98 Å². The van der Waals surface area contributed by atoms with Crippen LogP contribution in [-0.4, -0.2) is 16.2 Å². The number of fused-ring (bicyclic) bond motifs is 15. The van der Waals surface area contributed by atoms with E-state index in [0.717, 1.165) is 50.8 Å². The second-order valence-electron chi connectivity index (χ2n) is 28.8. The molecule has 2 aliphatic carbocycles. The molecule has 1 spiro atoms. The SMILES string of the molecule is CC(C)(C)c1ccc(-c2cccc(-c3cc(C(C)(C)C)cc(C(C)(C)C)c3)c2N2CN(c3cccc(Oc4ccc5c6c7c(ccc6n(-c6cc(C(C)(C)C)ccn6)c5c4)C4(c5ccccc5-c5ccccc54)c4ccccc4-7)c3)c3ccccc32)cc1. The summed E-state index contributed by atoms with van der Waals surface area (Å²) in [6.07, 6.45) is 1.97. The number of anilines is 4. The van der Waals surface area contributed by atoms with Crippen molar-refractivity contribution in [3.05, 3.63) is 275 Å². The molecule has 3 heterocycles. The molecule has 2 aromatic heterocycles. The van der Waals surface area contributed by atoms with Crippen molar-refractivity contribution in [1.82, 2.24) is 9.55 Å². The van der Waals surface area contributed by atoms with Crippen LogP contribution in [-0.2, 0) is 27.1 Å². The first-order chi connectivity index (χ1) is 42.2. The highest BCUT2D eigenvalue weighted by molar-refractivity contribution is 6.19. The molecule has 15 rings (SSSR count). The second kappa shape index (κ2) is 19.8. The lowest BCUT2D eigenvalue weighted by Gasteiger charge is -2.30. The second-order valence-corrected chi connectivity index (χ2v) is 28.8. The summed E-state index contributed by atoms with van der Waals surface area (Å²) in [5, 5.41) is 2.37. The van der Waals surface area contributed by atoms with Crippen molar-refractivity contribution in [2.45, 2.75) is 110 Å². The zero-order valence-corrected chi connectivity index (χ0v) is 52.8. The fraction of sp³-hybridized carbons (Fsp3) is 0.217. The molecule has 0 unspecified atom stereocenters. The van der Waals surface area contributed by atoms with Gasteiger partial charge in [-0.2, -0.15) is 0 Å². The maximum Gasteiger partial charge on any atom is 0.137 e. The zero-order chi connectivity index (χ0) is 60.8. The first-order valence-corrected chi connectivity index (χ1v) is 31.4. The van der Waals surface area contributed by atoms with Crippen LogP contribution in [0.3, 0.4) is 0 Å². The molecule has 12 aromatic rings. The van der Waals surface area contributed by atoms with E-state index in [1.165, 1.54) is 100 Å². The topological polar surface area (TPSA) is 33.5 Å². The Morgan fingerprint density at radius 2 is 0.932 bits per heavy atom. The van der Waals surface area contributed by atoms with Gasteiger partial charge in [-0.1, -0.05) is 241 Å². The van der Waals surface area contributed by atoms with E-state index in [1.807, 2.05) is 6.20 Å². The molecule has 0 N–H and O–H groups in total.